The molecule has 2 atom stereocenters. The molecule has 2 N–H and O–H groups in total. The predicted octanol–water partition coefficient (Wildman–Crippen LogP) is 3.13. The fraction of sp³-hybridized carbons (Fsp3) is 0.600. The van der Waals surface area contributed by atoms with Crippen LogP contribution in [0.2, 0.25) is 5.02 Å². The molecular formula is C15H22ClNO2. The summed E-state index contributed by atoms with van der Waals surface area (Å²) < 4.78 is 5.96. The van der Waals surface area contributed by atoms with Crippen molar-refractivity contribution in [3.63, 3.8) is 0 Å². The molecule has 3 nitrogen and oxygen atoms in total. The van der Waals surface area contributed by atoms with Gasteiger partial charge in [0, 0.05) is 23.2 Å². The Morgan fingerprint density at radius 2 is 2.21 bits per heavy atom. The van der Waals surface area contributed by atoms with Crippen LogP contribution in [0.1, 0.15) is 38.7 Å². The van der Waals surface area contributed by atoms with Gasteiger partial charge in [0.25, 0.3) is 0 Å². The molecule has 0 bridgehead atoms. The van der Waals surface area contributed by atoms with Gasteiger partial charge in [-0.05, 0) is 31.4 Å². The van der Waals surface area contributed by atoms with Gasteiger partial charge in [0.1, 0.15) is 11.9 Å². The molecule has 0 spiro atoms. The number of aliphatic hydroxyl groups excluding tert-OH is 1. The van der Waals surface area contributed by atoms with Crippen LogP contribution < -0.4 is 10.1 Å². The standard InChI is InChI=1S/C15H22ClNO2/c1-10(2)17-9-11-12(16)5-3-7-14(11)19-15-8-4-6-13(15)18/h3,5,7,10,13,15,17-18H,4,6,8-9H2,1-2H3. The second-order valence-electron chi connectivity index (χ2n) is 5.41. The summed E-state index contributed by atoms with van der Waals surface area (Å²) in [6.07, 6.45) is 2.29. The Bertz CT molecular complexity index is 423. The number of ether oxygens (including phenoxy) is 1. The minimum atomic E-state index is -0.357. The van der Waals surface area contributed by atoms with Gasteiger partial charge < -0.3 is 15.2 Å². The Hall–Kier alpha value is -0.770. The maximum absolute atomic E-state index is 9.85. The molecule has 0 aromatic heterocycles. The highest BCUT2D eigenvalue weighted by Gasteiger charge is 2.27. The van der Waals surface area contributed by atoms with E-state index in [1.165, 1.54) is 0 Å². The normalized spacial score (nSPS) is 23.0. The van der Waals surface area contributed by atoms with Crippen LogP contribution in [0.4, 0.5) is 0 Å². The van der Waals surface area contributed by atoms with Crippen LogP contribution in [0.5, 0.6) is 5.75 Å². The van der Waals surface area contributed by atoms with Gasteiger partial charge in [0.15, 0.2) is 0 Å². The minimum absolute atomic E-state index is 0.101. The minimum Gasteiger partial charge on any atom is -0.487 e. The van der Waals surface area contributed by atoms with Crippen LogP contribution >= 0.6 is 11.6 Å². The van der Waals surface area contributed by atoms with E-state index >= 15 is 0 Å². The van der Waals surface area contributed by atoms with Crippen LogP contribution in [0.25, 0.3) is 0 Å². The van der Waals surface area contributed by atoms with Crippen molar-refractivity contribution in [2.45, 2.75) is 57.9 Å². The zero-order valence-electron chi connectivity index (χ0n) is 11.5. The van der Waals surface area contributed by atoms with Crippen molar-refractivity contribution in [3.8, 4) is 5.75 Å². The van der Waals surface area contributed by atoms with Gasteiger partial charge in [-0.2, -0.15) is 0 Å². The average Bonchev–Trinajstić information content (AvgIpc) is 2.74. The number of rotatable bonds is 5. The maximum atomic E-state index is 9.85. The second-order valence-corrected chi connectivity index (χ2v) is 5.81. The highest BCUT2D eigenvalue weighted by molar-refractivity contribution is 6.31. The Kier molecular flexibility index (Phi) is 5.08. The number of aliphatic hydroxyl groups is 1. The molecule has 19 heavy (non-hydrogen) atoms. The first-order chi connectivity index (χ1) is 9.08. The lowest BCUT2D eigenvalue weighted by atomic mass is 10.1. The molecule has 1 aliphatic rings. The fourth-order valence-electron chi connectivity index (χ4n) is 2.33. The van der Waals surface area contributed by atoms with Crippen molar-refractivity contribution in [3.05, 3.63) is 28.8 Å². The molecule has 1 fully saturated rings. The Labute approximate surface area is 119 Å². The van der Waals surface area contributed by atoms with Crippen molar-refractivity contribution >= 4 is 11.6 Å². The monoisotopic (exact) mass is 283 g/mol. The van der Waals surface area contributed by atoms with E-state index in [9.17, 15) is 5.11 Å². The zero-order valence-corrected chi connectivity index (χ0v) is 12.3. The molecule has 0 amide bonds. The van der Waals surface area contributed by atoms with Crippen LogP contribution in [0.15, 0.2) is 18.2 Å². The molecule has 4 heteroatoms. The third-order valence-corrected chi connectivity index (χ3v) is 3.81. The molecule has 106 valence electrons. The van der Waals surface area contributed by atoms with E-state index in [-0.39, 0.29) is 12.2 Å². The Balaban J connectivity index is 2.12. The summed E-state index contributed by atoms with van der Waals surface area (Å²) in [4.78, 5) is 0. The van der Waals surface area contributed by atoms with E-state index in [2.05, 4.69) is 19.2 Å². The van der Waals surface area contributed by atoms with E-state index in [0.717, 1.165) is 30.6 Å². The van der Waals surface area contributed by atoms with E-state index < -0.39 is 0 Å². The predicted molar refractivity (Wildman–Crippen MR) is 77.7 cm³/mol. The molecule has 1 aliphatic carbocycles. The Morgan fingerprint density at radius 3 is 2.84 bits per heavy atom. The molecule has 0 radical (unpaired) electrons. The lowest BCUT2D eigenvalue weighted by Gasteiger charge is -2.21. The maximum Gasteiger partial charge on any atom is 0.125 e. The van der Waals surface area contributed by atoms with E-state index in [1.54, 1.807) is 0 Å². The van der Waals surface area contributed by atoms with Crippen LogP contribution in [0, 0.1) is 0 Å². The number of hydrogen-bond donors (Lipinski definition) is 2. The van der Waals surface area contributed by atoms with E-state index in [4.69, 9.17) is 16.3 Å². The van der Waals surface area contributed by atoms with Crippen molar-refractivity contribution in [1.29, 1.82) is 0 Å². The summed E-state index contributed by atoms with van der Waals surface area (Å²) in [7, 11) is 0. The second kappa shape index (κ2) is 6.60. The molecule has 0 aliphatic heterocycles. The third kappa shape index (κ3) is 3.85. The summed E-state index contributed by atoms with van der Waals surface area (Å²) in [6.45, 7) is 4.87. The molecule has 0 saturated heterocycles. The lowest BCUT2D eigenvalue weighted by Crippen LogP contribution is -2.27. The van der Waals surface area contributed by atoms with Crippen LogP contribution in [-0.4, -0.2) is 23.4 Å². The third-order valence-electron chi connectivity index (χ3n) is 3.46. The summed E-state index contributed by atoms with van der Waals surface area (Å²) in [5.74, 6) is 0.784. The molecule has 1 saturated carbocycles. The van der Waals surface area contributed by atoms with Crippen molar-refractivity contribution in [2.24, 2.45) is 0 Å². The number of nitrogens with one attached hydrogen (secondary N) is 1. The summed E-state index contributed by atoms with van der Waals surface area (Å²) in [5, 5.41) is 13.9. The first-order valence-corrected chi connectivity index (χ1v) is 7.31. The molecule has 1 aromatic carbocycles. The van der Waals surface area contributed by atoms with E-state index in [0.29, 0.717) is 17.6 Å². The molecular weight excluding hydrogens is 262 g/mol. The first kappa shape index (κ1) is 14.6. The van der Waals surface area contributed by atoms with Crippen molar-refractivity contribution in [1.82, 2.24) is 5.32 Å². The highest BCUT2D eigenvalue weighted by Crippen LogP contribution is 2.30. The van der Waals surface area contributed by atoms with Gasteiger partial charge in [-0.25, -0.2) is 0 Å². The quantitative estimate of drug-likeness (QED) is 0.872. The first-order valence-electron chi connectivity index (χ1n) is 6.93. The molecule has 2 rings (SSSR count). The fourth-order valence-corrected chi connectivity index (χ4v) is 2.57. The number of halogens is 1. The topological polar surface area (TPSA) is 41.5 Å². The Morgan fingerprint density at radius 1 is 1.42 bits per heavy atom. The molecule has 1 aromatic rings. The number of benzene rings is 1. The van der Waals surface area contributed by atoms with Gasteiger partial charge in [-0.3, -0.25) is 0 Å². The zero-order chi connectivity index (χ0) is 13.8. The largest absolute Gasteiger partial charge is 0.487 e. The SMILES string of the molecule is CC(C)NCc1c(Cl)cccc1OC1CCCC1O. The molecule has 0 heterocycles. The average molecular weight is 284 g/mol. The smallest absolute Gasteiger partial charge is 0.125 e. The summed E-state index contributed by atoms with van der Waals surface area (Å²) in [6, 6.07) is 6.07. The highest BCUT2D eigenvalue weighted by atomic mass is 35.5. The van der Waals surface area contributed by atoms with Gasteiger partial charge in [-0.15, -0.1) is 0 Å². The summed E-state index contributed by atoms with van der Waals surface area (Å²) in [5.41, 5.74) is 0.969. The van der Waals surface area contributed by atoms with Gasteiger partial charge in [-0.1, -0.05) is 31.5 Å². The van der Waals surface area contributed by atoms with Gasteiger partial charge in [0.05, 0.1) is 6.10 Å². The van der Waals surface area contributed by atoms with Crippen molar-refractivity contribution < 1.29 is 9.84 Å². The van der Waals surface area contributed by atoms with E-state index in [1.807, 2.05) is 18.2 Å². The van der Waals surface area contributed by atoms with Gasteiger partial charge >= 0.3 is 0 Å². The number of hydrogen-bond acceptors (Lipinski definition) is 3. The van der Waals surface area contributed by atoms with Crippen LogP contribution in [-0.2, 0) is 6.54 Å². The van der Waals surface area contributed by atoms with Crippen LogP contribution in [0.3, 0.4) is 0 Å². The van der Waals surface area contributed by atoms with Crippen molar-refractivity contribution in [2.75, 3.05) is 0 Å². The summed E-state index contributed by atoms with van der Waals surface area (Å²) >= 11 is 6.25. The van der Waals surface area contributed by atoms with Gasteiger partial charge in [0.2, 0.25) is 0 Å². The lowest BCUT2D eigenvalue weighted by molar-refractivity contribution is 0.0597. The molecule has 2 unspecified atom stereocenters.